The van der Waals surface area contributed by atoms with E-state index in [0.717, 1.165) is 6.42 Å². The second-order valence-electron chi connectivity index (χ2n) is 6.54. The minimum absolute atomic E-state index is 0.187. The maximum atomic E-state index is 12.6. The Morgan fingerprint density at radius 3 is 2.42 bits per heavy atom. The van der Waals surface area contributed by atoms with Gasteiger partial charge in [-0.25, -0.2) is 0 Å². The second-order valence-corrected chi connectivity index (χ2v) is 6.54. The number of anilines is 1. The van der Waals surface area contributed by atoms with E-state index in [0.29, 0.717) is 42.5 Å². The zero-order valence-electron chi connectivity index (χ0n) is 14.8. The largest absolute Gasteiger partial charge is 0.497 e. The van der Waals surface area contributed by atoms with Gasteiger partial charge in [-0.3, -0.25) is 9.59 Å². The molecule has 1 saturated carbocycles. The summed E-state index contributed by atoms with van der Waals surface area (Å²) in [6, 6.07) is 5.14. The molecule has 0 bridgehead atoms. The third kappa shape index (κ3) is 3.99. The van der Waals surface area contributed by atoms with Crippen molar-refractivity contribution in [3.05, 3.63) is 18.2 Å². The van der Waals surface area contributed by atoms with Crippen molar-refractivity contribution in [2.45, 2.75) is 33.1 Å². The van der Waals surface area contributed by atoms with Crippen LogP contribution in [0.15, 0.2) is 18.2 Å². The average Bonchev–Trinajstić information content (AvgIpc) is 3.36. The predicted molar refractivity (Wildman–Crippen MR) is 92.3 cm³/mol. The molecule has 1 aromatic carbocycles. The molecule has 24 heavy (non-hydrogen) atoms. The summed E-state index contributed by atoms with van der Waals surface area (Å²) < 4.78 is 10.4. The normalized spacial score (nSPS) is 14.9. The molecule has 2 amide bonds. The topological polar surface area (TPSA) is 76.7 Å². The molecule has 1 aromatic rings. The van der Waals surface area contributed by atoms with E-state index in [1.54, 1.807) is 25.3 Å². The molecule has 0 atom stereocenters. The highest BCUT2D eigenvalue weighted by Gasteiger charge is 2.56. The molecule has 6 nitrogen and oxygen atoms in total. The molecular weight excluding hydrogens is 308 g/mol. The lowest BCUT2D eigenvalue weighted by Gasteiger charge is -2.17. The van der Waals surface area contributed by atoms with Gasteiger partial charge in [0.1, 0.15) is 16.9 Å². The standard InChI is InChI=1S/C18H26N2O4/c1-12(2)7-10-19-16(21)18(8-9-18)17(22)20-14-6-5-13(23-3)11-15(14)24-4/h5-6,11-12H,7-10H2,1-4H3,(H,19,21)(H,20,22). The lowest BCUT2D eigenvalue weighted by atomic mass is 10.0. The van der Waals surface area contributed by atoms with Gasteiger partial charge in [-0.1, -0.05) is 13.8 Å². The van der Waals surface area contributed by atoms with Crippen molar-refractivity contribution >= 4 is 17.5 Å². The summed E-state index contributed by atoms with van der Waals surface area (Å²) in [4.78, 5) is 25.0. The average molecular weight is 334 g/mol. The Morgan fingerprint density at radius 1 is 1.17 bits per heavy atom. The fraction of sp³-hybridized carbons (Fsp3) is 0.556. The zero-order chi connectivity index (χ0) is 17.7. The van der Waals surface area contributed by atoms with Crippen LogP contribution in [-0.4, -0.2) is 32.6 Å². The highest BCUT2D eigenvalue weighted by Crippen LogP contribution is 2.47. The fourth-order valence-electron chi connectivity index (χ4n) is 2.47. The van der Waals surface area contributed by atoms with Crippen LogP contribution in [0.5, 0.6) is 11.5 Å². The molecule has 0 radical (unpaired) electrons. The highest BCUT2D eigenvalue weighted by molar-refractivity contribution is 6.13. The Morgan fingerprint density at radius 2 is 1.88 bits per heavy atom. The van der Waals surface area contributed by atoms with E-state index in [2.05, 4.69) is 24.5 Å². The van der Waals surface area contributed by atoms with Crippen LogP contribution in [0.2, 0.25) is 0 Å². The van der Waals surface area contributed by atoms with Gasteiger partial charge in [0, 0.05) is 12.6 Å². The summed E-state index contributed by atoms with van der Waals surface area (Å²) >= 11 is 0. The second kappa shape index (κ2) is 7.55. The van der Waals surface area contributed by atoms with E-state index in [1.807, 2.05) is 0 Å². The summed E-state index contributed by atoms with van der Waals surface area (Å²) in [6.07, 6.45) is 2.05. The molecular formula is C18H26N2O4. The molecule has 2 rings (SSSR count). The van der Waals surface area contributed by atoms with Gasteiger partial charge in [0.25, 0.3) is 0 Å². The maximum absolute atomic E-state index is 12.6. The number of nitrogens with one attached hydrogen (secondary N) is 2. The first-order valence-corrected chi connectivity index (χ1v) is 8.24. The number of hydrogen-bond acceptors (Lipinski definition) is 4. The van der Waals surface area contributed by atoms with Crippen molar-refractivity contribution in [2.75, 3.05) is 26.1 Å². The minimum Gasteiger partial charge on any atom is -0.497 e. The van der Waals surface area contributed by atoms with Gasteiger partial charge in [0.15, 0.2) is 0 Å². The van der Waals surface area contributed by atoms with Crippen molar-refractivity contribution in [3.63, 3.8) is 0 Å². The Kier molecular flexibility index (Phi) is 5.70. The van der Waals surface area contributed by atoms with Crippen LogP contribution in [0.4, 0.5) is 5.69 Å². The van der Waals surface area contributed by atoms with Crippen LogP contribution in [-0.2, 0) is 9.59 Å². The van der Waals surface area contributed by atoms with E-state index in [-0.39, 0.29) is 11.8 Å². The summed E-state index contributed by atoms with van der Waals surface area (Å²) in [5.41, 5.74) is -0.411. The number of ether oxygens (including phenoxy) is 2. The summed E-state index contributed by atoms with van der Waals surface area (Å²) in [5.74, 6) is 1.18. The van der Waals surface area contributed by atoms with Crippen LogP contribution in [0.1, 0.15) is 33.1 Å². The van der Waals surface area contributed by atoms with E-state index in [9.17, 15) is 9.59 Å². The number of methoxy groups -OCH3 is 2. The van der Waals surface area contributed by atoms with Crippen molar-refractivity contribution in [2.24, 2.45) is 11.3 Å². The Labute approximate surface area is 142 Å². The van der Waals surface area contributed by atoms with E-state index in [1.165, 1.54) is 7.11 Å². The van der Waals surface area contributed by atoms with Crippen molar-refractivity contribution in [1.82, 2.24) is 5.32 Å². The SMILES string of the molecule is COc1ccc(NC(=O)C2(C(=O)NCCC(C)C)CC2)c(OC)c1. The fourth-order valence-corrected chi connectivity index (χ4v) is 2.47. The van der Waals surface area contributed by atoms with E-state index >= 15 is 0 Å². The molecule has 0 heterocycles. The van der Waals surface area contributed by atoms with Crippen molar-refractivity contribution in [3.8, 4) is 11.5 Å². The van der Waals surface area contributed by atoms with Gasteiger partial charge < -0.3 is 20.1 Å². The van der Waals surface area contributed by atoms with Gasteiger partial charge in [-0.15, -0.1) is 0 Å². The van der Waals surface area contributed by atoms with Crippen LogP contribution in [0, 0.1) is 11.3 Å². The van der Waals surface area contributed by atoms with Crippen molar-refractivity contribution < 1.29 is 19.1 Å². The smallest absolute Gasteiger partial charge is 0.240 e. The number of benzene rings is 1. The number of rotatable bonds is 8. The molecule has 132 valence electrons. The van der Waals surface area contributed by atoms with E-state index < -0.39 is 5.41 Å². The van der Waals surface area contributed by atoms with Gasteiger partial charge >= 0.3 is 0 Å². The molecule has 2 N–H and O–H groups in total. The number of hydrogen-bond donors (Lipinski definition) is 2. The Hall–Kier alpha value is -2.24. The van der Waals surface area contributed by atoms with Crippen LogP contribution in [0.3, 0.4) is 0 Å². The number of carbonyl (C=O) groups is 2. The van der Waals surface area contributed by atoms with Gasteiger partial charge in [0.05, 0.1) is 19.9 Å². The molecule has 1 fully saturated rings. The molecule has 0 aromatic heterocycles. The lowest BCUT2D eigenvalue weighted by Crippen LogP contribution is -2.40. The zero-order valence-corrected chi connectivity index (χ0v) is 14.8. The maximum Gasteiger partial charge on any atom is 0.240 e. The Bertz CT molecular complexity index is 609. The third-order valence-corrected chi connectivity index (χ3v) is 4.28. The first-order valence-electron chi connectivity index (χ1n) is 8.24. The highest BCUT2D eigenvalue weighted by atomic mass is 16.5. The van der Waals surface area contributed by atoms with Crippen LogP contribution >= 0.6 is 0 Å². The number of carbonyl (C=O) groups excluding carboxylic acids is 2. The monoisotopic (exact) mass is 334 g/mol. The third-order valence-electron chi connectivity index (χ3n) is 4.28. The van der Waals surface area contributed by atoms with E-state index in [4.69, 9.17) is 9.47 Å². The predicted octanol–water partition coefficient (Wildman–Crippen LogP) is 2.58. The summed E-state index contributed by atoms with van der Waals surface area (Å²) in [6.45, 7) is 4.79. The molecule has 1 aliphatic rings. The minimum atomic E-state index is -0.943. The van der Waals surface area contributed by atoms with Crippen LogP contribution in [0.25, 0.3) is 0 Å². The molecule has 6 heteroatoms. The molecule has 0 unspecified atom stereocenters. The molecule has 0 saturated heterocycles. The summed E-state index contributed by atoms with van der Waals surface area (Å²) in [7, 11) is 3.09. The lowest BCUT2D eigenvalue weighted by molar-refractivity contribution is -0.134. The van der Waals surface area contributed by atoms with Crippen LogP contribution < -0.4 is 20.1 Å². The quantitative estimate of drug-likeness (QED) is 0.717. The van der Waals surface area contributed by atoms with Gasteiger partial charge in [-0.2, -0.15) is 0 Å². The van der Waals surface area contributed by atoms with Gasteiger partial charge in [0.2, 0.25) is 11.8 Å². The number of amides is 2. The first kappa shape index (κ1) is 18.1. The Balaban J connectivity index is 2.02. The molecule has 0 aliphatic heterocycles. The van der Waals surface area contributed by atoms with Crippen molar-refractivity contribution in [1.29, 1.82) is 0 Å². The first-order chi connectivity index (χ1) is 11.4. The van der Waals surface area contributed by atoms with Gasteiger partial charge in [-0.05, 0) is 37.3 Å². The molecule has 0 spiro atoms. The summed E-state index contributed by atoms with van der Waals surface area (Å²) in [5, 5.41) is 5.69. The molecule has 1 aliphatic carbocycles.